The van der Waals surface area contributed by atoms with Gasteiger partial charge in [-0.3, -0.25) is 4.79 Å². The van der Waals surface area contributed by atoms with E-state index in [1.165, 1.54) is 14.0 Å². The average molecular weight is 763 g/mol. The summed E-state index contributed by atoms with van der Waals surface area (Å²) in [6.45, 7) is 18.8. The molecule has 3 saturated heterocycles. The Morgan fingerprint density at radius 2 is 1.51 bits per heavy atom. The number of nitrogens with zero attached hydrogens (tertiary/aromatic N) is 2. The fourth-order valence-electron chi connectivity index (χ4n) is 8.91. The molecule has 14 heteroatoms. The van der Waals surface area contributed by atoms with Gasteiger partial charge in [0.15, 0.2) is 12.6 Å². The van der Waals surface area contributed by atoms with Crippen molar-refractivity contribution in [2.24, 2.45) is 17.8 Å². The topological polar surface area (TPSA) is 169 Å². The zero-order chi connectivity index (χ0) is 40.4. The van der Waals surface area contributed by atoms with Crippen LogP contribution in [0.3, 0.4) is 0 Å². The van der Waals surface area contributed by atoms with Crippen LogP contribution in [-0.4, -0.2) is 168 Å². The number of carbonyl (C=O) groups excluding carboxylic acids is 1. The molecule has 0 spiro atoms. The normalized spacial score (nSPS) is 48.9. The van der Waals surface area contributed by atoms with Gasteiger partial charge in [-0.05, 0) is 94.8 Å². The molecule has 3 aliphatic heterocycles. The van der Waals surface area contributed by atoms with E-state index in [0.29, 0.717) is 19.4 Å². The minimum atomic E-state index is -1.78. The lowest BCUT2D eigenvalue weighted by atomic mass is 9.77. The minimum absolute atomic E-state index is 0.0123. The number of cyclic esters (lactones) is 1. The summed E-state index contributed by atoms with van der Waals surface area (Å²) in [4.78, 5) is 18.3. The van der Waals surface area contributed by atoms with E-state index in [1.54, 1.807) is 34.8 Å². The van der Waals surface area contributed by atoms with Crippen LogP contribution in [0.5, 0.6) is 0 Å². The lowest BCUT2D eigenvalue weighted by Gasteiger charge is -2.49. The molecular weight excluding hydrogens is 688 g/mol. The highest BCUT2D eigenvalue weighted by atomic mass is 16.7. The van der Waals surface area contributed by atoms with Gasteiger partial charge in [0.25, 0.3) is 0 Å². The summed E-state index contributed by atoms with van der Waals surface area (Å²) in [5.41, 5.74) is -3.79. The Morgan fingerprint density at radius 3 is 2.06 bits per heavy atom. The third-order valence-electron chi connectivity index (χ3n) is 12.7. The van der Waals surface area contributed by atoms with Crippen molar-refractivity contribution < 1.29 is 58.4 Å². The van der Waals surface area contributed by atoms with Crippen LogP contribution in [-0.2, 0) is 38.0 Å². The lowest BCUT2D eigenvalue weighted by molar-refractivity contribution is -0.319. The van der Waals surface area contributed by atoms with Gasteiger partial charge in [0.05, 0.1) is 41.5 Å². The Morgan fingerprint density at radius 1 is 0.906 bits per heavy atom. The first-order valence-electron chi connectivity index (χ1n) is 19.5. The van der Waals surface area contributed by atoms with Gasteiger partial charge in [-0.15, -0.1) is 0 Å². The van der Waals surface area contributed by atoms with Crippen LogP contribution in [0.4, 0.5) is 0 Å². The van der Waals surface area contributed by atoms with Gasteiger partial charge >= 0.3 is 5.97 Å². The highest BCUT2D eigenvalue weighted by Gasteiger charge is 2.53. The van der Waals surface area contributed by atoms with E-state index in [0.717, 1.165) is 0 Å². The summed E-state index contributed by atoms with van der Waals surface area (Å²) in [6.07, 6.45) is -7.22. The fraction of sp³-hybridized carbons (Fsp3) is 0.974. The molecule has 0 saturated carbocycles. The molecule has 0 aliphatic carbocycles. The van der Waals surface area contributed by atoms with Gasteiger partial charge in [-0.1, -0.05) is 20.8 Å². The fourth-order valence-corrected chi connectivity index (χ4v) is 8.91. The molecule has 53 heavy (non-hydrogen) atoms. The first-order valence-corrected chi connectivity index (χ1v) is 19.5. The molecule has 4 N–H and O–H groups in total. The van der Waals surface area contributed by atoms with Gasteiger partial charge in [0.2, 0.25) is 0 Å². The molecule has 312 valence electrons. The summed E-state index contributed by atoms with van der Waals surface area (Å²) < 4.78 is 44.5. The smallest absolute Gasteiger partial charge is 0.311 e. The molecule has 3 aliphatic rings. The number of aliphatic hydroxyl groups is 4. The maximum atomic E-state index is 14.3. The molecule has 3 fully saturated rings. The third-order valence-corrected chi connectivity index (χ3v) is 12.7. The van der Waals surface area contributed by atoms with E-state index >= 15 is 0 Å². The van der Waals surface area contributed by atoms with E-state index in [1.807, 2.05) is 58.6 Å². The molecule has 0 bridgehead atoms. The van der Waals surface area contributed by atoms with Crippen LogP contribution in [0.1, 0.15) is 94.9 Å². The summed E-state index contributed by atoms with van der Waals surface area (Å²) in [7, 11) is 8.87. The van der Waals surface area contributed by atoms with Crippen molar-refractivity contribution in [2.45, 2.75) is 185 Å². The second-order valence-electron chi connectivity index (χ2n) is 17.3. The van der Waals surface area contributed by atoms with Crippen LogP contribution in [0.2, 0.25) is 0 Å². The number of carbonyl (C=O) groups is 1. The molecule has 18 atom stereocenters. The van der Waals surface area contributed by atoms with Gasteiger partial charge in [-0.2, -0.15) is 0 Å². The SMILES string of the molecule is CC[C@H]1OC(=O)[C@H](C)C(OC2CC(C)(OC)C(O)[C@H](C)O2)[C@H](C)C(OC2O[C@H](C)CC(N(C)C)C2O)C(C)(OC)C[C@@H](C)CN(C)[C@H](C)C(O)C1(C)O. The Bertz CT molecular complexity index is 1160. The molecule has 0 aromatic heterocycles. The van der Waals surface area contributed by atoms with Crippen molar-refractivity contribution in [1.29, 1.82) is 0 Å². The number of ether oxygens (including phenoxy) is 7. The van der Waals surface area contributed by atoms with E-state index in [-0.39, 0.29) is 30.9 Å². The highest BCUT2D eigenvalue weighted by Crippen LogP contribution is 2.41. The van der Waals surface area contributed by atoms with Crippen LogP contribution in [0.25, 0.3) is 0 Å². The largest absolute Gasteiger partial charge is 0.459 e. The number of methoxy groups -OCH3 is 2. The third kappa shape index (κ3) is 10.3. The molecule has 3 heterocycles. The lowest BCUT2D eigenvalue weighted by Crippen LogP contribution is -2.61. The maximum absolute atomic E-state index is 14.3. The highest BCUT2D eigenvalue weighted by molar-refractivity contribution is 5.73. The second kappa shape index (κ2) is 18.5. The standard InChI is InChI=1S/C39H74N2O12/c1-16-28-39(10,46)32(43)25(6)41(13)20-21(2)18-38(9,48-15)34(53-36-30(42)27(40(11)12)17-22(3)49-36)23(4)31(24(5)35(45)51-28)52-29-19-37(8,47-14)33(44)26(7)50-29/h21-34,36,42-44,46H,16-20H2,1-15H3/t21-,22-,23+,24-,25-,26+,27?,28-,29?,30?,31?,32?,33?,34?,36?,37?,38?,39?/m1/s1. The molecule has 14 nitrogen and oxygen atoms in total. The van der Waals surface area contributed by atoms with E-state index in [2.05, 4.69) is 6.92 Å². The number of rotatable bonds is 8. The Labute approximate surface area is 318 Å². The summed E-state index contributed by atoms with van der Waals surface area (Å²) in [5.74, 6) is -2.22. The van der Waals surface area contributed by atoms with Gasteiger partial charge < -0.3 is 63.4 Å². The van der Waals surface area contributed by atoms with Crippen LogP contribution >= 0.6 is 0 Å². The zero-order valence-electron chi connectivity index (χ0n) is 35.1. The first-order chi connectivity index (χ1) is 24.5. The summed E-state index contributed by atoms with van der Waals surface area (Å²) in [5, 5.41) is 45.9. The summed E-state index contributed by atoms with van der Waals surface area (Å²) in [6, 6.07) is -0.727. The minimum Gasteiger partial charge on any atom is -0.459 e. The predicted octanol–water partition coefficient (Wildman–Crippen LogP) is 2.55. The molecule has 11 unspecified atom stereocenters. The van der Waals surface area contributed by atoms with E-state index in [9.17, 15) is 25.2 Å². The number of aliphatic hydroxyl groups excluding tert-OH is 3. The average Bonchev–Trinajstić information content (AvgIpc) is 3.09. The molecule has 0 aromatic rings. The molecular formula is C39H74N2O12. The van der Waals surface area contributed by atoms with Crippen molar-refractivity contribution in [3.8, 4) is 0 Å². The van der Waals surface area contributed by atoms with Crippen molar-refractivity contribution in [3.05, 3.63) is 0 Å². The van der Waals surface area contributed by atoms with Gasteiger partial charge in [0.1, 0.15) is 30.0 Å². The Hall–Kier alpha value is -1.01. The first kappa shape index (κ1) is 46.4. The van der Waals surface area contributed by atoms with Crippen molar-refractivity contribution >= 4 is 5.97 Å². The number of likely N-dealkylation sites (N-methyl/N-ethyl adjacent to an activating group) is 2. The number of esters is 1. The van der Waals surface area contributed by atoms with Crippen LogP contribution in [0.15, 0.2) is 0 Å². The maximum Gasteiger partial charge on any atom is 0.311 e. The molecule has 0 aromatic carbocycles. The molecule has 0 radical (unpaired) electrons. The van der Waals surface area contributed by atoms with Crippen LogP contribution in [0, 0.1) is 17.8 Å². The molecule has 0 amide bonds. The van der Waals surface area contributed by atoms with Crippen molar-refractivity contribution in [2.75, 3.05) is 41.9 Å². The zero-order valence-corrected chi connectivity index (χ0v) is 35.1. The van der Waals surface area contributed by atoms with Crippen molar-refractivity contribution in [3.63, 3.8) is 0 Å². The molecule has 3 rings (SSSR count). The summed E-state index contributed by atoms with van der Waals surface area (Å²) >= 11 is 0. The van der Waals surface area contributed by atoms with E-state index < -0.39 is 96.0 Å². The van der Waals surface area contributed by atoms with Gasteiger partial charge in [-0.25, -0.2) is 0 Å². The van der Waals surface area contributed by atoms with Crippen molar-refractivity contribution in [1.82, 2.24) is 9.80 Å². The quantitative estimate of drug-likeness (QED) is 0.266. The van der Waals surface area contributed by atoms with Crippen LogP contribution < -0.4 is 0 Å². The number of hydrogen-bond acceptors (Lipinski definition) is 14. The Kier molecular flexibility index (Phi) is 16.2. The Balaban J connectivity index is 2.21. The predicted molar refractivity (Wildman–Crippen MR) is 199 cm³/mol. The monoisotopic (exact) mass is 763 g/mol. The van der Waals surface area contributed by atoms with E-state index in [4.69, 9.17) is 33.2 Å². The van der Waals surface area contributed by atoms with Gasteiger partial charge in [0, 0.05) is 45.2 Å². The second-order valence-corrected chi connectivity index (χ2v) is 17.3. The number of hydrogen-bond donors (Lipinski definition) is 4.